The number of aryl methyl sites for hydroxylation is 2. The van der Waals surface area contributed by atoms with Crippen LogP contribution in [0.1, 0.15) is 24.5 Å². The van der Waals surface area contributed by atoms with Crippen LogP contribution in [0.25, 0.3) is 0 Å². The monoisotopic (exact) mass is 399 g/mol. The summed E-state index contributed by atoms with van der Waals surface area (Å²) in [6.07, 6.45) is 0.0657. The Balaban J connectivity index is 1.73. The van der Waals surface area contributed by atoms with Gasteiger partial charge in [0.1, 0.15) is 11.1 Å². The number of carbonyl (C=O) groups excluding carboxylic acids is 2. The highest BCUT2D eigenvalue weighted by molar-refractivity contribution is 8.15. The number of nitrogens with zero attached hydrogens (tertiary/aromatic N) is 2. The maximum absolute atomic E-state index is 13.1. The normalized spacial score (nSPS) is 18.0. The van der Waals surface area contributed by atoms with Crippen molar-refractivity contribution in [2.45, 2.75) is 32.4 Å². The number of aliphatic imine (C=N–C) groups is 1. The van der Waals surface area contributed by atoms with Gasteiger partial charge >= 0.3 is 0 Å². The summed E-state index contributed by atoms with van der Waals surface area (Å²) in [4.78, 5) is 31.3. The Morgan fingerprint density at radius 3 is 2.43 bits per heavy atom. The highest BCUT2D eigenvalue weighted by Gasteiger charge is 2.38. The number of hydrogen-bond acceptors (Lipinski definition) is 4. The van der Waals surface area contributed by atoms with E-state index in [1.807, 2.05) is 39.0 Å². The molecule has 3 rings (SSSR count). The van der Waals surface area contributed by atoms with Gasteiger partial charge in [-0.25, -0.2) is 9.38 Å². The van der Waals surface area contributed by atoms with Crippen LogP contribution in [0, 0.1) is 19.7 Å². The molecule has 1 saturated heterocycles. The number of amidine groups is 1. The Bertz CT molecular complexity index is 907. The molecule has 2 amide bonds. The zero-order chi connectivity index (χ0) is 20.3. The molecule has 1 unspecified atom stereocenters. The van der Waals surface area contributed by atoms with Crippen molar-refractivity contribution in [2.75, 3.05) is 11.9 Å². The molecular formula is C21H22FN3O2S. The molecule has 0 spiro atoms. The minimum Gasteiger partial charge on any atom is -0.326 e. The second kappa shape index (κ2) is 8.56. The fourth-order valence-corrected chi connectivity index (χ4v) is 4.23. The maximum atomic E-state index is 13.1. The molecule has 0 aromatic heterocycles. The van der Waals surface area contributed by atoms with E-state index in [1.54, 1.807) is 17.0 Å². The van der Waals surface area contributed by atoms with E-state index in [0.717, 1.165) is 16.8 Å². The zero-order valence-corrected chi connectivity index (χ0v) is 16.8. The Hall–Kier alpha value is -2.67. The topological polar surface area (TPSA) is 61.8 Å². The van der Waals surface area contributed by atoms with E-state index in [2.05, 4.69) is 10.3 Å². The van der Waals surface area contributed by atoms with E-state index in [0.29, 0.717) is 17.4 Å². The second-order valence-corrected chi connectivity index (χ2v) is 7.75. The zero-order valence-electron chi connectivity index (χ0n) is 16.0. The Kier molecular flexibility index (Phi) is 6.14. The molecule has 7 heteroatoms. The first-order valence-electron chi connectivity index (χ1n) is 9.07. The highest BCUT2D eigenvalue weighted by Crippen LogP contribution is 2.32. The minimum absolute atomic E-state index is 0.0657. The number of benzene rings is 2. The molecule has 0 bridgehead atoms. The molecule has 2 aromatic carbocycles. The Morgan fingerprint density at radius 2 is 1.82 bits per heavy atom. The van der Waals surface area contributed by atoms with E-state index in [1.165, 1.54) is 23.9 Å². The number of rotatable bonds is 5. The van der Waals surface area contributed by atoms with Crippen LogP contribution in [-0.2, 0) is 9.59 Å². The third kappa shape index (κ3) is 4.42. The van der Waals surface area contributed by atoms with E-state index < -0.39 is 5.25 Å². The molecule has 1 atom stereocenters. The summed E-state index contributed by atoms with van der Waals surface area (Å²) in [5, 5.41) is 2.93. The standard InChI is InChI=1S/C21H22FN3O2S/c1-4-25-20(27)17(28-21(25)23-16-10-8-15(22)9-11-16)12-18(26)24-19-13(2)6-5-7-14(19)3/h5-11,17H,4,12H2,1-3H3,(H,24,26). The van der Waals surface area contributed by atoms with Gasteiger partial charge in [-0.15, -0.1) is 0 Å². The molecule has 28 heavy (non-hydrogen) atoms. The molecule has 5 nitrogen and oxygen atoms in total. The maximum Gasteiger partial charge on any atom is 0.242 e. The summed E-state index contributed by atoms with van der Waals surface area (Å²) in [6, 6.07) is 11.6. The molecule has 1 N–H and O–H groups in total. The van der Waals surface area contributed by atoms with Crippen molar-refractivity contribution in [2.24, 2.45) is 4.99 Å². The first-order chi connectivity index (χ1) is 13.4. The van der Waals surface area contributed by atoms with Crippen LogP contribution in [-0.4, -0.2) is 33.7 Å². The van der Waals surface area contributed by atoms with Gasteiger partial charge in [0.25, 0.3) is 0 Å². The number of thioether (sulfide) groups is 1. The number of anilines is 1. The van der Waals surface area contributed by atoms with Gasteiger partial charge in [-0.05, 0) is 56.2 Å². The lowest BCUT2D eigenvalue weighted by molar-refractivity contribution is -0.128. The fourth-order valence-electron chi connectivity index (χ4n) is 3.01. The Morgan fingerprint density at radius 1 is 1.18 bits per heavy atom. The third-order valence-electron chi connectivity index (χ3n) is 4.50. The molecule has 0 aliphatic carbocycles. The first-order valence-corrected chi connectivity index (χ1v) is 9.95. The smallest absolute Gasteiger partial charge is 0.242 e. The van der Waals surface area contributed by atoms with E-state index in [9.17, 15) is 14.0 Å². The summed E-state index contributed by atoms with van der Waals surface area (Å²) in [5.74, 6) is -0.681. The van der Waals surface area contributed by atoms with Crippen molar-refractivity contribution in [3.8, 4) is 0 Å². The average Bonchev–Trinajstić information content (AvgIpc) is 2.94. The van der Waals surface area contributed by atoms with Gasteiger partial charge in [0, 0.05) is 18.7 Å². The van der Waals surface area contributed by atoms with Crippen LogP contribution < -0.4 is 5.32 Å². The molecule has 1 aliphatic heterocycles. The SMILES string of the molecule is CCN1C(=O)C(CC(=O)Nc2c(C)cccc2C)SC1=Nc1ccc(F)cc1. The van der Waals surface area contributed by atoms with Gasteiger partial charge in [0.05, 0.1) is 5.69 Å². The van der Waals surface area contributed by atoms with E-state index in [4.69, 9.17) is 0 Å². The van der Waals surface area contributed by atoms with Gasteiger partial charge in [-0.1, -0.05) is 30.0 Å². The van der Waals surface area contributed by atoms with Gasteiger partial charge < -0.3 is 5.32 Å². The van der Waals surface area contributed by atoms with E-state index >= 15 is 0 Å². The summed E-state index contributed by atoms with van der Waals surface area (Å²) in [6.45, 7) is 6.19. The molecule has 0 saturated carbocycles. The van der Waals surface area contributed by atoms with Crippen LogP contribution in [0.2, 0.25) is 0 Å². The van der Waals surface area contributed by atoms with Crippen molar-refractivity contribution < 1.29 is 14.0 Å². The van der Waals surface area contributed by atoms with Gasteiger partial charge in [0.15, 0.2) is 5.17 Å². The lowest BCUT2D eigenvalue weighted by Gasteiger charge is -2.14. The fraction of sp³-hybridized carbons (Fsp3) is 0.286. The van der Waals surface area contributed by atoms with Gasteiger partial charge in [-0.3, -0.25) is 14.5 Å². The second-order valence-electron chi connectivity index (χ2n) is 6.58. The highest BCUT2D eigenvalue weighted by atomic mass is 32.2. The summed E-state index contributed by atoms with van der Waals surface area (Å²) in [5.41, 5.74) is 3.31. The van der Waals surface area contributed by atoms with Crippen LogP contribution in [0.5, 0.6) is 0 Å². The third-order valence-corrected chi connectivity index (χ3v) is 5.68. The predicted molar refractivity (Wildman–Crippen MR) is 111 cm³/mol. The number of halogens is 1. The number of amides is 2. The first kappa shape index (κ1) is 20.1. The quantitative estimate of drug-likeness (QED) is 0.809. The molecule has 1 aliphatic rings. The summed E-state index contributed by atoms with van der Waals surface area (Å²) < 4.78 is 13.1. The molecule has 146 valence electrons. The van der Waals surface area contributed by atoms with Gasteiger partial charge in [0.2, 0.25) is 11.8 Å². The van der Waals surface area contributed by atoms with Crippen molar-refractivity contribution in [1.29, 1.82) is 0 Å². The number of para-hydroxylation sites is 1. The Labute approximate surface area is 168 Å². The summed E-state index contributed by atoms with van der Waals surface area (Å²) >= 11 is 1.27. The average molecular weight is 399 g/mol. The van der Waals surface area contributed by atoms with Crippen LogP contribution >= 0.6 is 11.8 Å². The number of nitrogens with one attached hydrogen (secondary N) is 1. The predicted octanol–water partition coefficient (Wildman–Crippen LogP) is 4.42. The van der Waals surface area contributed by atoms with E-state index in [-0.39, 0.29) is 24.1 Å². The van der Waals surface area contributed by atoms with Crippen LogP contribution in [0.4, 0.5) is 15.8 Å². The molecule has 2 aromatic rings. The van der Waals surface area contributed by atoms with Crippen LogP contribution in [0.3, 0.4) is 0 Å². The number of carbonyl (C=O) groups is 2. The van der Waals surface area contributed by atoms with Crippen molar-refractivity contribution in [3.63, 3.8) is 0 Å². The molecular weight excluding hydrogens is 377 g/mol. The number of hydrogen-bond donors (Lipinski definition) is 1. The lowest BCUT2D eigenvalue weighted by Crippen LogP contribution is -2.33. The molecule has 1 heterocycles. The largest absolute Gasteiger partial charge is 0.326 e. The molecule has 1 fully saturated rings. The van der Waals surface area contributed by atoms with Crippen molar-refractivity contribution >= 4 is 40.1 Å². The van der Waals surface area contributed by atoms with Crippen LogP contribution in [0.15, 0.2) is 47.5 Å². The molecule has 0 radical (unpaired) electrons. The van der Waals surface area contributed by atoms with Crippen molar-refractivity contribution in [3.05, 3.63) is 59.4 Å². The summed E-state index contributed by atoms with van der Waals surface area (Å²) in [7, 11) is 0. The lowest BCUT2D eigenvalue weighted by atomic mass is 10.1. The van der Waals surface area contributed by atoms with Gasteiger partial charge in [-0.2, -0.15) is 0 Å². The minimum atomic E-state index is -0.525. The van der Waals surface area contributed by atoms with Crippen molar-refractivity contribution in [1.82, 2.24) is 4.90 Å².